The quantitative estimate of drug-likeness (QED) is 0.775. The van der Waals surface area contributed by atoms with Crippen LogP contribution in [0.25, 0.3) is 0 Å². The van der Waals surface area contributed by atoms with Crippen molar-refractivity contribution in [3.8, 4) is 0 Å². The topological polar surface area (TPSA) is 38.1 Å². The van der Waals surface area contributed by atoms with Crippen LogP contribution in [0, 0.1) is 0 Å². The smallest absolute Gasteiger partial charge is 0.264 e. The fourth-order valence-electron chi connectivity index (χ4n) is 1.73. The predicted octanol–water partition coefficient (Wildman–Crippen LogP) is 3.76. The van der Waals surface area contributed by atoms with Crippen molar-refractivity contribution in [2.45, 2.75) is 20.0 Å². The molecule has 0 aliphatic heterocycles. The number of hydrogen-bond acceptors (Lipinski definition) is 3. The van der Waals surface area contributed by atoms with Gasteiger partial charge < -0.3 is 4.90 Å². The normalized spacial score (nSPS) is 10.7. The van der Waals surface area contributed by atoms with Gasteiger partial charge in [0.25, 0.3) is 5.91 Å². The van der Waals surface area contributed by atoms with Gasteiger partial charge in [-0.2, -0.15) is 5.10 Å². The van der Waals surface area contributed by atoms with E-state index in [1.54, 1.807) is 18.1 Å². The van der Waals surface area contributed by atoms with Gasteiger partial charge in [0.05, 0.1) is 20.9 Å². The Labute approximate surface area is 132 Å². The highest BCUT2D eigenvalue weighted by molar-refractivity contribution is 9.13. The average Bonchev–Trinajstić information content (AvgIpc) is 2.96. The van der Waals surface area contributed by atoms with Crippen LogP contribution in [0.2, 0.25) is 0 Å². The largest absolute Gasteiger partial charge is 0.335 e. The first-order valence-electron chi connectivity index (χ1n) is 5.74. The molecule has 0 atom stereocenters. The SMILES string of the molecule is CCn1nccc1CN(C)C(=O)c1cc(Br)c(Br)s1. The Morgan fingerprint density at radius 3 is 2.84 bits per heavy atom. The summed E-state index contributed by atoms with van der Waals surface area (Å²) in [6.07, 6.45) is 1.76. The van der Waals surface area contributed by atoms with Crippen molar-refractivity contribution in [1.29, 1.82) is 0 Å². The second-order valence-electron chi connectivity index (χ2n) is 4.03. The molecule has 2 aromatic heterocycles. The number of aromatic nitrogens is 2. The Morgan fingerprint density at radius 2 is 2.26 bits per heavy atom. The first kappa shape index (κ1) is 14.7. The minimum absolute atomic E-state index is 0.0141. The second kappa shape index (κ2) is 6.19. The van der Waals surface area contributed by atoms with Gasteiger partial charge in [-0.15, -0.1) is 11.3 Å². The van der Waals surface area contributed by atoms with E-state index in [1.165, 1.54) is 11.3 Å². The maximum absolute atomic E-state index is 12.3. The number of rotatable bonds is 4. The van der Waals surface area contributed by atoms with E-state index in [1.807, 2.05) is 23.7 Å². The van der Waals surface area contributed by atoms with Gasteiger partial charge in [0.1, 0.15) is 0 Å². The summed E-state index contributed by atoms with van der Waals surface area (Å²) in [7, 11) is 1.80. The molecule has 0 aliphatic rings. The van der Waals surface area contributed by atoms with Crippen LogP contribution in [-0.4, -0.2) is 27.6 Å². The Hall–Kier alpha value is -0.660. The first-order chi connectivity index (χ1) is 9.02. The molecule has 0 aromatic carbocycles. The molecule has 19 heavy (non-hydrogen) atoms. The highest BCUT2D eigenvalue weighted by Crippen LogP contribution is 2.33. The number of thiophene rings is 1. The van der Waals surface area contributed by atoms with Crippen molar-refractivity contribution in [3.05, 3.63) is 37.2 Å². The fourth-order valence-corrected chi connectivity index (χ4v) is 3.76. The highest BCUT2D eigenvalue weighted by Gasteiger charge is 2.17. The van der Waals surface area contributed by atoms with Crippen LogP contribution < -0.4 is 0 Å². The molecule has 0 saturated carbocycles. The van der Waals surface area contributed by atoms with Crippen LogP contribution in [0.5, 0.6) is 0 Å². The van der Waals surface area contributed by atoms with Gasteiger partial charge in [0.2, 0.25) is 0 Å². The molecule has 4 nitrogen and oxygen atoms in total. The number of nitrogens with zero attached hydrogens (tertiary/aromatic N) is 3. The van der Waals surface area contributed by atoms with E-state index in [-0.39, 0.29) is 5.91 Å². The van der Waals surface area contributed by atoms with Gasteiger partial charge in [-0.05, 0) is 50.9 Å². The van der Waals surface area contributed by atoms with Crippen molar-refractivity contribution < 1.29 is 4.79 Å². The average molecular weight is 407 g/mol. The third-order valence-corrected chi connectivity index (χ3v) is 5.95. The summed E-state index contributed by atoms with van der Waals surface area (Å²) in [4.78, 5) is 14.7. The zero-order valence-electron chi connectivity index (χ0n) is 10.6. The summed E-state index contributed by atoms with van der Waals surface area (Å²) in [5.74, 6) is 0.0141. The second-order valence-corrected chi connectivity index (χ2v) is 7.26. The van der Waals surface area contributed by atoms with Gasteiger partial charge in [0, 0.05) is 24.3 Å². The minimum atomic E-state index is 0.0141. The minimum Gasteiger partial charge on any atom is -0.335 e. The molecule has 0 saturated heterocycles. The van der Waals surface area contributed by atoms with Gasteiger partial charge in [-0.3, -0.25) is 9.48 Å². The molecule has 2 rings (SSSR count). The summed E-state index contributed by atoms with van der Waals surface area (Å²) in [6, 6.07) is 3.78. The number of hydrogen-bond donors (Lipinski definition) is 0. The number of aryl methyl sites for hydroxylation is 1. The van der Waals surface area contributed by atoms with Crippen LogP contribution in [0.3, 0.4) is 0 Å². The molecule has 102 valence electrons. The number of halogens is 2. The summed E-state index contributed by atoms with van der Waals surface area (Å²) >= 11 is 8.23. The summed E-state index contributed by atoms with van der Waals surface area (Å²) < 4.78 is 3.74. The molecule has 0 aliphatic carbocycles. The summed E-state index contributed by atoms with van der Waals surface area (Å²) in [5, 5.41) is 4.20. The molecule has 0 radical (unpaired) electrons. The Balaban J connectivity index is 2.11. The summed E-state index contributed by atoms with van der Waals surface area (Å²) in [5.41, 5.74) is 1.04. The molecular formula is C12H13Br2N3OS. The Kier molecular flexibility index (Phi) is 4.81. The van der Waals surface area contributed by atoms with E-state index in [0.29, 0.717) is 11.4 Å². The fraction of sp³-hybridized carbons (Fsp3) is 0.333. The molecule has 1 amide bonds. The molecule has 0 fully saturated rings. The van der Waals surface area contributed by atoms with E-state index in [0.717, 1.165) is 20.5 Å². The lowest BCUT2D eigenvalue weighted by Gasteiger charge is -2.16. The van der Waals surface area contributed by atoms with Gasteiger partial charge in [0.15, 0.2) is 0 Å². The lowest BCUT2D eigenvalue weighted by molar-refractivity contribution is 0.0786. The number of carbonyl (C=O) groups excluding carboxylic acids is 1. The highest BCUT2D eigenvalue weighted by atomic mass is 79.9. The zero-order chi connectivity index (χ0) is 14.0. The number of amides is 1. The van der Waals surface area contributed by atoms with Crippen LogP contribution in [0.4, 0.5) is 0 Å². The molecule has 2 aromatic rings. The molecule has 0 bridgehead atoms. The lowest BCUT2D eigenvalue weighted by Crippen LogP contribution is -2.26. The maximum atomic E-state index is 12.3. The van der Waals surface area contributed by atoms with Crippen LogP contribution in [0.1, 0.15) is 22.3 Å². The standard InChI is InChI=1S/C12H13Br2N3OS/c1-3-17-8(4-5-15-17)7-16(2)12(18)10-6-9(13)11(14)19-10/h4-6H,3,7H2,1-2H3. The zero-order valence-corrected chi connectivity index (χ0v) is 14.5. The van der Waals surface area contributed by atoms with Gasteiger partial charge in [-0.25, -0.2) is 0 Å². The monoisotopic (exact) mass is 405 g/mol. The van der Waals surface area contributed by atoms with E-state index in [2.05, 4.69) is 37.0 Å². The predicted molar refractivity (Wildman–Crippen MR) is 83.4 cm³/mol. The van der Waals surface area contributed by atoms with Crippen molar-refractivity contribution in [2.24, 2.45) is 0 Å². The molecule has 0 unspecified atom stereocenters. The van der Waals surface area contributed by atoms with Crippen molar-refractivity contribution in [2.75, 3.05) is 7.05 Å². The molecule has 7 heteroatoms. The van der Waals surface area contributed by atoms with E-state index >= 15 is 0 Å². The maximum Gasteiger partial charge on any atom is 0.264 e. The lowest BCUT2D eigenvalue weighted by atomic mass is 10.3. The third-order valence-electron chi connectivity index (χ3n) is 2.71. The van der Waals surface area contributed by atoms with Gasteiger partial charge >= 0.3 is 0 Å². The molecule has 2 heterocycles. The van der Waals surface area contributed by atoms with Crippen molar-refractivity contribution in [1.82, 2.24) is 14.7 Å². The Bertz CT molecular complexity index is 574. The van der Waals surface area contributed by atoms with E-state index in [9.17, 15) is 4.79 Å². The molecule has 0 N–H and O–H groups in total. The molecular weight excluding hydrogens is 394 g/mol. The number of carbonyl (C=O) groups is 1. The van der Waals surface area contributed by atoms with Crippen LogP contribution >= 0.6 is 43.2 Å². The van der Waals surface area contributed by atoms with Crippen LogP contribution in [0.15, 0.2) is 26.6 Å². The first-order valence-corrected chi connectivity index (χ1v) is 8.14. The van der Waals surface area contributed by atoms with Gasteiger partial charge in [-0.1, -0.05) is 0 Å². The van der Waals surface area contributed by atoms with Crippen molar-refractivity contribution in [3.63, 3.8) is 0 Å². The van der Waals surface area contributed by atoms with E-state index in [4.69, 9.17) is 0 Å². The third kappa shape index (κ3) is 3.27. The van der Waals surface area contributed by atoms with Crippen molar-refractivity contribution >= 4 is 49.1 Å². The van der Waals surface area contributed by atoms with E-state index < -0.39 is 0 Å². The Morgan fingerprint density at radius 1 is 1.53 bits per heavy atom. The summed E-state index contributed by atoms with van der Waals surface area (Å²) in [6.45, 7) is 3.39. The molecule has 0 spiro atoms. The van der Waals surface area contributed by atoms with Crippen LogP contribution in [-0.2, 0) is 13.1 Å².